The number of carboxylic acid groups (broad SMARTS) is 3. The van der Waals surface area contributed by atoms with Gasteiger partial charge in [-0.1, -0.05) is 20.8 Å². The van der Waals surface area contributed by atoms with Gasteiger partial charge < -0.3 is 29.7 Å². The Hall–Kier alpha value is -2.06. The quantitative estimate of drug-likeness (QED) is 0.257. The van der Waals surface area contributed by atoms with E-state index in [4.69, 9.17) is 0 Å². The molecular weight excluding hydrogens is 416 g/mol. The van der Waals surface area contributed by atoms with Crippen LogP contribution in [0.4, 0.5) is 0 Å². The van der Waals surface area contributed by atoms with Gasteiger partial charge in [0.25, 0.3) is 0 Å². The molecule has 0 N–H and O–H groups in total. The van der Waals surface area contributed by atoms with Gasteiger partial charge in [-0.3, -0.25) is 14.4 Å². The Bertz CT molecular complexity index is 430. The van der Waals surface area contributed by atoms with Crippen molar-refractivity contribution in [2.75, 3.05) is 0 Å². The van der Waals surface area contributed by atoms with Crippen LogP contribution in [-0.4, -0.2) is 35.3 Å². The zero-order valence-corrected chi connectivity index (χ0v) is 17.5. The average molecular weight is 443 g/mol. The van der Waals surface area contributed by atoms with Crippen molar-refractivity contribution in [2.45, 2.75) is 78.6 Å². The fourth-order valence-corrected chi connectivity index (χ4v) is 1.58. The Morgan fingerprint density at radius 1 is 0.500 bits per heavy atom. The predicted molar refractivity (Wildman–Crippen MR) is 88.6 cm³/mol. The maximum absolute atomic E-state index is 10.4. The first-order valence-corrected chi connectivity index (χ1v) is 8.64. The molecule has 0 bridgehead atoms. The van der Waals surface area contributed by atoms with Gasteiger partial charge in [-0.15, -0.1) is 0 Å². The van der Waals surface area contributed by atoms with Crippen molar-refractivity contribution in [3.63, 3.8) is 0 Å². The van der Waals surface area contributed by atoms with Crippen molar-refractivity contribution >= 4 is 35.3 Å². The Balaban J connectivity index is -0.000000152. The van der Waals surface area contributed by atoms with E-state index in [2.05, 4.69) is 0 Å². The number of carbonyl (C=O) groups is 6. The first-order chi connectivity index (χ1) is 12.5. The average Bonchev–Trinajstić information content (AvgIpc) is 2.46. The number of Topliss-reactive ketones (excluding diaryl/α,β-unsaturated/α-hetero) is 3. The molecule has 0 radical (unpaired) electrons. The summed E-state index contributed by atoms with van der Waals surface area (Å²) >= 11 is 0. The monoisotopic (exact) mass is 443 g/mol. The Kier molecular flexibility index (Phi) is 27.5. The van der Waals surface area contributed by atoms with E-state index < -0.39 is 37.2 Å². The third-order valence-corrected chi connectivity index (χ3v) is 2.61. The van der Waals surface area contributed by atoms with Crippen molar-refractivity contribution in [1.29, 1.82) is 0 Å². The van der Waals surface area contributed by atoms with Gasteiger partial charge in [-0.25, -0.2) is 0 Å². The third kappa shape index (κ3) is 35.1. The minimum atomic E-state index is -1.28. The van der Waals surface area contributed by atoms with Crippen molar-refractivity contribution in [3.8, 4) is 0 Å². The summed E-state index contributed by atoms with van der Waals surface area (Å²) in [5.74, 6) is -4.61. The fraction of sp³-hybridized carbons (Fsp3) is 0.667. The molecule has 28 heavy (non-hydrogen) atoms. The first kappa shape index (κ1) is 33.5. The molecule has 10 heteroatoms. The predicted octanol–water partition coefficient (Wildman–Crippen LogP) is -1.52. The van der Waals surface area contributed by atoms with Gasteiger partial charge in [0.05, 0.1) is 0 Å². The molecule has 0 atom stereocenters. The van der Waals surface area contributed by atoms with Gasteiger partial charge >= 0.3 is 17.1 Å². The molecule has 0 rings (SSSR count). The number of aliphatic carboxylic acids is 3. The Morgan fingerprint density at radius 2 is 0.679 bits per heavy atom. The second-order valence-corrected chi connectivity index (χ2v) is 5.51. The van der Waals surface area contributed by atoms with Crippen molar-refractivity contribution in [1.82, 2.24) is 0 Å². The number of hydrogen-bond donors (Lipinski definition) is 0. The summed E-state index contributed by atoms with van der Waals surface area (Å²) in [6.45, 7) is 5.48. The standard InChI is InChI=1S/3C6H10O3.Fe/c3*1-2-3-5(7)4-6(8)9;/h3*2-4H2,1H3,(H,8,9);/q;;;+2/p-3. The maximum Gasteiger partial charge on any atom is 2.00 e. The van der Waals surface area contributed by atoms with Crippen LogP contribution in [0, 0.1) is 0 Å². The van der Waals surface area contributed by atoms with Crippen LogP contribution in [0.25, 0.3) is 0 Å². The molecule has 0 aliphatic rings. The summed E-state index contributed by atoms with van der Waals surface area (Å²) in [7, 11) is 0. The summed E-state index contributed by atoms with van der Waals surface area (Å²) in [4.78, 5) is 60.6. The third-order valence-electron chi connectivity index (χ3n) is 2.61. The molecule has 0 amide bonds. The van der Waals surface area contributed by atoms with Crippen molar-refractivity contribution in [3.05, 3.63) is 0 Å². The van der Waals surface area contributed by atoms with Crippen molar-refractivity contribution in [2.24, 2.45) is 0 Å². The molecular formula is C18H27FeO9-. The van der Waals surface area contributed by atoms with Crippen LogP contribution < -0.4 is 15.3 Å². The van der Waals surface area contributed by atoms with Gasteiger partial charge in [-0.2, -0.15) is 0 Å². The number of hydrogen-bond acceptors (Lipinski definition) is 9. The molecule has 0 unspecified atom stereocenters. The van der Waals surface area contributed by atoms with Crippen molar-refractivity contribution < 1.29 is 61.2 Å². The maximum atomic E-state index is 10.4. The number of ketones is 3. The van der Waals surface area contributed by atoms with E-state index in [0.29, 0.717) is 38.5 Å². The molecule has 0 aliphatic heterocycles. The minimum absolute atomic E-state index is 0. The second-order valence-electron chi connectivity index (χ2n) is 5.51. The molecule has 0 aliphatic carbocycles. The van der Waals surface area contributed by atoms with Crippen LogP contribution in [0.15, 0.2) is 0 Å². The summed E-state index contributed by atoms with van der Waals surface area (Å²) < 4.78 is 0. The molecule has 0 aromatic rings. The largest absolute Gasteiger partial charge is 2.00 e. The Morgan fingerprint density at radius 3 is 0.786 bits per heavy atom. The zero-order chi connectivity index (χ0) is 21.8. The SMILES string of the molecule is CCCC(=O)CC(=O)[O-].CCCC(=O)CC(=O)[O-].CCCC(=O)CC(=O)[O-].[Fe+2]. The minimum Gasteiger partial charge on any atom is -0.550 e. The van der Waals surface area contributed by atoms with Crippen LogP contribution in [0.5, 0.6) is 0 Å². The Labute approximate surface area is 175 Å². The normalized spacial score (nSPS) is 8.68. The first-order valence-electron chi connectivity index (χ1n) is 8.64. The second kappa shape index (κ2) is 23.0. The van der Waals surface area contributed by atoms with Gasteiger partial charge in [0.1, 0.15) is 17.3 Å². The molecule has 0 aromatic carbocycles. The number of carbonyl (C=O) groups excluding carboxylic acids is 6. The smallest absolute Gasteiger partial charge is 0.550 e. The summed E-state index contributed by atoms with van der Waals surface area (Å²) in [5, 5.41) is 29.3. The topological polar surface area (TPSA) is 172 Å². The summed E-state index contributed by atoms with van der Waals surface area (Å²) in [5.41, 5.74) is 0. The summed E-state index contributed by atoms with van der Waals surface area (Å²) in [6, 6.07) is 0. The van der Waals surface area contributed by atoms with Crippen LogP contribution >= 0.6 is 0 Å². The number of rotatable bonds is 12. The van der Waals surface area contributed by atoms with E-state index in [1.807, 2.05) is 20.8 Å². The van der Waals surface area contributed by atoms with Gasteiger partial charge in [-0.05, 0) is 19.3 Å². The van der Waals surface area contributed by atoms with E-state index in [-0.39, 0.29) is 34.4 Å². The molecule has 0 fully saturated rings. The van der Waals surface area contributed by atoms with Gasteiger partial charge in [0.2, 0.25) is 0 Å². The van der Waals surface area contributed by atoms with Crippen LogP contribution in [-0.2, 0) is 45.8 Å². The van der Waals surface area contributed by atoms with Crippen LogP contribution in [0.2, 0.25) is 0 Å². The zero-order valence-electron chi connectivity index (χ0n) is 16.4. The fourth-order valence-electron chi connectivity index (χ4n) is 1.58. The van der Waals surface area contributed by atoms with E-state index in [0.717, 1.165) is 0 Å². The van der Waals surface area contributed by atoms with Gasteiger partial charge in [0, 0.05) is 56.4 Å². The van der Waals surface area contributed by atoms with E-state index in [1.165, 1.54) is 0 Å². The molecule has 162 valence electrons. The van der Waals surface area contributed by atoms with Gasteiger partial charge in [0.15, 0.2) is 0 Å². The van der Waals surface area contributed by atoms with Crippen LogP contribution in [0.3, 0.4) is 0 Å². The molecule has 0 aromatic heterocycles. The molecule has 9 nitrogen and oxygen atoms in total. The molecule has 0 saturated carbocycles. The summed E-state index contributed by atoms with van der Waals surface area (Å²) in [6.07, 6.45) is 1.82. The number of carboxylic acids is 3. The molecule has 0 spiro atoms. The van der Waals surface area contributed by atoms with E-state index in [9.17, 15) is 44.1 Å². The molecule has 0 saturated heterocycles. The van der Waals surface area contributed by atoms with E-state index >= 15 is 0 Å². The molecule has 0 heterocycles. The van der Waals surface area contributed by atoms with E-state index in [1.54, 1.807) is 0 Å². The van der Waals surface area contributed by atoms with Crippen LogP contribution in [0.1, 0.15) is 78.6 Å².